The average molecular weight is 400 g/mol. The highest BCUT2D eigenvalue weighted by Gasteiger charge is 2.40. The number of pyridine rings is 1. The van der Waals surface area contributed by atoms with Crippen molar-refractivity contribution < 1.29 is 5.11 Å². The van der Waals surface area contributed by atoms with E-state index in [2.05, 4.69) is 58.1 Å². The van der Waals surface area contributed by atoms with Crippen LogP contribution < -0.4 is 10.2 Å². The zero-order chi connectivity index (χ0) is 20.9. The van der Waals surface area contributed by atoms with Gasteiger partial charge in [-0.1, -0.05) is 30.3 Å². The predicted octanol–water partition coefficient (Wildman–Crippen LogP) is 3.92. The van der Waals surface area contributed by atoms with E-state index in [1.807, 2.05) is 36.5 Å². The van der Waals surface area contributed by atoms with Gasteiger partial charge in [0.25, 0.3) is 0 Å². The molecule has 7 heteroatoms. The molecule has 3 aromatic heterocycles. The van der Waals surface area contributed by atoms with Crippen LogP contribution >= 0.6 is 0 Å². The largest absolute Gasteiger partial charge is 0.374 e. The first-order chi connectivity index (χ1) is 14.5. The fraction of sp³-hybridized carbons (Fsp3) is 0.261. The third-order valence-corrected chi connectivity index (χ3v) is 5.77. The summed E-state index contributed by atoms with van der Waals surface area (Å²) in [6, 6.07) is 14.2. The number of hydrogen-bond donors (Lipinski definition) is 3. The van der Waals surface area contributed by atoms with Crippen molar-refractivity contribution in [1.29, 1.82) is 0 Å². The van der Waals surface area contributed by atoms with E-state index in [0.717, 1.165) is 33.8 Å². The van der Waals surface area contributed by atoms with Crippen LogP contribution in [0.25, 0.3) is 22.4 Å². The van der Waals surface area contributed by atoms with E-state index >= 15 is 0 Å². The van der Waals surface area contributed by atoms with Gasteiger partial charge in [0.15, 0.2) is 5.65 Å². The van der Waals surface area contributed by atoms with Crippen molar-refractivity contribution in [3.8, 4) is 11.3 Å². The lowest BCUT2D eigenvalue weighted by molar-refractivity contribution is 0.0853. The maximum Gasteiger partial charge on any atom is 0.156 e. The Bertz CT molecular complexity index is 1200. The van der Waals surface area contributed by atoms with Crippen LogP contribution in [-0.4, -0.2) is 30.7 Å². The second-order valence-corrected chi connectivity index (χ2v) is 8.13. The van der Waals surface area contributed by atoms with Crippen molar-refractivity contribution in [3.63, 3.8) is 0 Å². The van der Waals surface area contributed by atoms with Gasteiger partial charge in [0.1, 0.15) is 17.6 Å². The minimum Gasteiger partial charge on any atom is -0.374 e. The van der Waals surface area contributed by atoms with Crippen LogP contribution in [-0.2, 0) is 0 Å². The Kier molecular flexibility index (Phi) is 4.30. The summed E-state index contributed by atoms with van der Waals surface area (Å²) in [5.74, 6) is 0.762. The molecule has 7 nitrogen and oxygen atoms in total. The van der Waals surface area contributed by atoms with Gasteiger partial charge in [-0.3, -0.25) is 10.3 Å². The van der Waals surface area contributed by atoms with Crippen molar-refractivity contribution in [3.05, 3.63) is 72.2 Å². The van der Waals surface area contributed by atoms with E-state index in [1.165, 1.54) is 5.56 Å². The number of aliphatic hydroxyl groups is 1. The molecule has 30 heavy (non-hydrogen) atoms. The van der Waals surface area contributed by atoms with Crippen LogP contribution in [0, 0.1) is 0 Å². The van der Waals surface area contributed by atoms with Crippen LogP contribution in [0.5, 0.6) is 0 Å². The molecule has 1 unspecified atom stereocenters. The number of anilines is 1. The number of nitrogens with one attached hydrogen (secondary N) is 2. The normalized spacial score (nSPS) is 18.9. The zero-order valence-electron chi connectivity index (χ0n) is 17.2. The van der Waals surface area contributed by atoms with Gasteiger partial charge in [-0.25, -0.2) is 9.97 Å². The van der Waals surface area contributed by atoms with Gasteiger partial charge in [-0.2, -0.15) is 0 Å². The molecular formula is C23H24N6O. The number of fused-ring (bicyclic) bond motifs is 2. The molecule has 4 aromatic rings. The molecule has 4 heterocycles. The Hall–Kier alpha value is -3.29. The number of hydrogen-bond acceptors (Lipinski definition) is 6. The van der Waals surface area contributed by atoms with Crippen LogP contribution in [0.15, 0.2) is 61.1 Å². The van der Waals surface area contributed by atoms with Gasteiger partial charge in [-0.05, 0) is 38.5 Å². The number of H-pyrrole nitrogens is 1. The molecule has 0 bridgehead atoms. The molecular weight excluding hydrogens is 376 g/mol. The van der Waals surface area contributed by atoms with Crippen molar-refractivity contribution in [2.75, 3.05) is 4.90 Å². The summed E-state index contributed by atoms with van der Waals surface area (Å²) < 4.78 is 0. The first-order valence-corrected chi connectivity index (χ1v) is 10.0. The molecule has 0 aliphatic carbocycles. The fourth-order valence-corrected chi connectivity index (χ4v) is 4.36. The van der Waals surface area contributed by atoms with Crippen molar-refractivity contribution in [2.45, 2.75) is 38.7 Å². The molecule has 2 atom stereocenters. The standard InChI is InChI=1S/C23H24N6O/c1-14(15-7-5-4-6-8-15)29-21-16(22(30)28-23(29,2)3)9-10-18(27-21)17-13-26-20-19(17)24-11-12-25-20/h4-14,22,28,30H,1-3H3,(H,25,26)/t14-,22?/m1/s1. The van der Waals surface area contributed by atoms with Gasteiger partial charge >= 0.3 is 0 Å². The number of rotatable bonds is 3. The Morgan fingerprint density at radius 3 is 2.63 bits per heavy atom. The Morgan fingerprint density at radius 1 is 1.07 bits per heavy atom. The van der Waals surface area contributed by atoms with E-state index in [9.17, 15) is 5.11 Å². The summed E-state index contributed by atoms with van der Waals surface area (Å²) in [4.78, 5) is 19.2. The van der Waals surface area contributed by atoms with Gasteiger partial charge in [0, 0.05) is 29.7 Å². The fourth-order valence-electron chi connectivity index (χ4n) is 4.36. The van der Waals surface area contributed by atoms with Crippen molar-refractivity contribution in [2.24, 2.45) is 0 Å². The van der Waals surface area contributed by atoms with Gasteiger partial charge in [0.2, 0.25) is 0 Å². The first kappa shape index (κ1) is 18.7. The molecule has 0 spiro atoms. The second-order valence-electron chi connectivity index (χ2n) is 8.13. The third-order valence-electron chi connectivity index (χ3n) is 5.77. The van der Waals surface area contributed by atoms with Crippen molar-refractivity contribution >= 4 is 17.0 Å². The third kappa shape index (κ3) is 2.94. The van der Waals surface area contributed by atoms with E-state index in [4.69, 9.17) is 4.98 Å². The van der Waals surface area contributed by atoms with Gasteiger partial charge in [0.05, 0.1) is 17.4 Å². The predicted molar refractivity (Wildman–Crippen MR) is 117 cm³/mol. The molecule has 3 N–H and O–H groups in total. The summed E-state index contributed by atoms with van der Waals surface area (Å²) >= 11 is 0. The van der Waals surface area contributed by atoms with Crippen LogP contribution in [0.4, 0.5) is 5.82 Å². The number of aromatic amines is 1. The minimum absolute atomic E-state index is 0.0467. The molecule has 0 radical (unpaired) electrons. The highest BCUT2D eigenvalue weighted by molar-refractivity contribution is 5.89. The summed E-state index contributed by atoms with van der Waals surface area (Å²) in [7, 11) is 0. The van der Waals surface area contributed by atoms with Crippen LogP contribution in [0.2, 0.25) is 0 Å². The number of aromatic nitrogens is 4. The van der Waals surface area contributed by atoms with E-state index < -0.39 is 11.9 Å². The monoisotopic (exact) mass is 400 g/mol. The summed E-state index contributed by atoms with van der Waals surface area (Å²) in [6.45, 7) is 6.28. The quantitative estimate of drug-likeness (QED) is 0.483. The lowest BCUT2D eigenvalue weighted by Crippen LogP contribution is -2.60. The maximum atomic E-state index is 10.8. The molecule has 1 aliphatic heterocycles. The molecule has 5 rings (SSSR count). The molecule has 0 fully saturated rings. The zero-order valence-corrected chi connectivity index (χ0v) is 17.2. The first-order valence-electron chi connectivity index (χ1n) is 10.0. The molecule has 0 saturated carbocycles. The van der Waals surface area contributed by atoms with Gasteiger partial charge < -0.3 is 15.0 Å². The van der Waals surface area contributed by atoms with E-state index in [0.29, 0.717) is 0 Å². The number of aliphatic hydroxyl groups excluding tert-OH is 1. The lowest BCUT2D eigenvalue weighted by Gasteiger charge is -2.49. The highest BCUT2D eigenvalue weighted by Crippen LogP contribution is 2.41. The number of nitrogens with zero attached hydrogens (tertiary/aromatic N) is 4. The Labute approximate surface area is 174 Å². The summed E-state index contributed by atoms with van der Waals surface area (Å²) in [5, 5.41) is 14.1. The lowest BCUT2D eigenvalue weighted by atomic mass is 9.97. The summed E-state index contributed by atoms with van der Waals surface area (Å²) in [5.41, 5.74) is 4.61. The molecule has 152 valence electrons. The van der Waals surface area contributed by atoms with Crippen molar-refractivity contribution in [1.82, 2.24) is 25.3 Å². The maximum absolute atomic E-state index is 10.8. The Morgan fingerprint density at radius 2 is 1.83 bits per heavy atom. The van der Waals surface area contributed by atoms with Gasteiger partial charge in [-0.15, -0.1) is 0 Å². The topological polar surface area (TPSA) is 90.0 Å². The second kappa shape index (κ2) is 6.90. The smallest absolute Gasteiger partial charge is 0.156 e. The average Bonchev–Trinajstić information content (AvgIpc) is 3.17. The van der Waals surface area contributed by atoms with E-state index in [1.54, 1.807) is 12.4 Å². The Balaban J connectivity index is 1.67. The molecule has 0 amide bonds. The highest BCUT2D eigenvalue weighted by atomic mass is 16.3. The van der Waals surface area contributed by atoms with Crippen LogP contribution in [0.3, 0.4) is 0 Å². The van der Waals surface area contributed by atoms with E-state index in [-0.39, 0.29) is 6.04 Å². The molecule has 0 saturated heterocycles. The SMILES string of the molecule is C[C@H](c1ccccc1)N1c2nc(-c3c[nH]c4nccnc34)ccc2C(O)NC1(C)C. The number of benzene rings is 1. The molecule has 1 aromatic carbocycles. The molecule has 1 aliphatic rings. The van der Waals surface area contributed by atoms with Crippen LogP contribution in [0.1, 0.15) is 44.2 Å². The minimum atomic E-state index is -0.793. The summed E-state index contributed by atoms with van der Waals surface area (Å²) in [6.07, 6.45) is 4.43.